The van der Waals surface area contributed by atoms with Crippen LogP contribution in [0.2, 0.25) is 5.02 Å². The summed E-state index contributed by atoms with van der Waals surface area (Å²) in [6.45, 7) is 1.53. The maximum Gasteiger partial charge on any atom is 0.417 e. The molecule has 0 radical (unpaired) electrons. The highest BCUT2D eigenvalue weighted by molar-refractivity contribution is 6.31. The molecule has 0 aliphatic carbocycles. The van der Waals surface area contributed by atoms with Crippen LogP contribution in [0.25, 0.3) is 0 Å². The molecule has 1 aromatic heterocycles. The number of anilines is 1. The number of hydrogen-bond donors (Lipinski definition) is 1. The van der Waals surface area contributed by atoms with Gasteiger partial charge < -0.3 is 4.74 Å². The van der Waals surface area contributed by atoms with Crippen LogP contribution in [0.1, 0.15) is 29.3 Å². The number of halogens is 7. The van der Waals surface area contributed by atoms with E-state index in [-0.39, 0.29) is 23.0 Å². The molecule has 0 saturated carbocycles. The molecule has 0 aliphatic heterocycles. The fraction of sp³-hybridized carbons (Fsp3) is 0.182. The van der Waals surface area contributed by atoms with Crippen molar-refractivity contribution >= 4 is 23.0 Å². The molecule has 174 valence electrons. The zero-order valence-corrected chi connectivity index (χ0v) is 17.7. The van der Waals surface area contributed by atoms with Gasteiger partial charge in [-0.25, -0.2) is 0 Å². The number of rotatable bonds is 6. The Hall–Kier alpha value is -3.27. The summed E-state index contributed by atoms with van der Waals surface area (Å²) in [6, 6.07) is 12.0. The number of hydrazone groups is 1. The SMILES string of the molecule is CC(=NNc1cccc(C(F)(F)F)c1)c1ccc(OCc2ncc(C(F)(F)F)cc2Cl)cc1. The molecule has 1 N–H and O–H groups in total. The van der Waals surface area contributed by atoms with Gasteiger partial charge in [0.25, 0.3) is 0 Å². The van der Waals surface area contributed by atoms with Gasteiger partial charge in [0.05, 0.1) is 33.2 Å². The monoisotopic (exact) mass is 487 g/mol. The van der Waals surface area contributed by atoms with Crippen molar-refractivity contribution in [3.63, 3.8) is 0 Å². The number of nitrogens with one attached hydrogen (secondary N) is 1. The van der Waals surface area contributed by atoms with Gasteiger partial charge in [-0.1, -0.05) is 17.7 Å². The second kappa shape index (κ2) is 9.70. The van der Waals surface area contributed by atoms with Crippen molar-refractivity contribution in [2.75, 3.05) is 5.43 Å². The van der Waals surface area contributed by atoms with E-state index in [1.807, 2.05) is 0 Å². The van der Waals surface area contributed by atoms with Crippen LogP contribution in [0.4, 0.5) is 32.0 Å². The van der Waals surface area contributed by atoms with E-state index in [9.17, 15) is 26.3 Å². The normalized spacial score (nSPS) is 12.5. The lowest BCUT2D eigenvalue weighted by Gasteiger charge is -2.11. The van der Waals surface area contributed by atoms with Gasteiger partial charge in [0, 0.05) is 6.20 Å². The first kappa shape index (κ1) is 24.4. The molecule has 0 atom stereocenters. The Bertz CT molecular complexity index is 1140. The summed E-state index contributed by atoms with van der Waals surface area (Å²) in [6.07, 6.45) is -8.31. The predicted molar refractivity (Wildman–Crippen MR) is 112 cm³/mol. The van der Waals surface area contributed by atoms with Crippen LogP contribution >= 0.6 is 11.6 Å². The third-order valence-corrected chi connectivity index (χ3v) is 4.76. The number of benzene rings is 2. The minimum atomic E-state index is -4.54. The van der Waals surface area contributed by atoms with Crippen molar-refractivity contribution in [1.82, 2.24) is 4.98 Å². The van der Waals surface area contributed by atoms with Gasteiger partial charge in [0.2, 0.25) is 0 Å². The van der Waals surface area contributed by atoms with Gasteiger partial charge >= 0.3 is 12.4 Å². The first-order chi connectivity index (χ1) is 15.4. The average Bonchev–Trinajstić information content (AvgIpc) is 2.76. The average molecular weight is 488 g/mol. The van der Waals surface area contributed by atoms with Crippen LogP contribution in [0.3, 0.4) is 0 Å². The Kier molecular flexibility index (Phi) is 7.16. The van der Waals surface area contributed by atoms with Crippen molar-refractivity contribution in [1.29, 1.82) is 0 Å². The molecule has 11 heteroatoms. The minimum absolute atomic E-state index is 0.138. The third-order valence-electron chi connectivity index (χ3n) is 4.43. The van der Waals surface area contributed by atoms with Gasteiger partial charge in [-0.3, -0.25) is 10.4 Å². The first-order valence-corrected chi connectivity index (χ1v) is 9.73. The molecular weight excluding hydrogens is 472 g/mol. The van der Waals surface area contributed by atoms with Crippen molar-refractivity contribution < 1.29 is 31.1 Å². The molecule has 0 unspecified atom stereocenters. The quantitative estimate of drug-likeness (QED) is 0.227. The van der Waals surface area contributed by atoms with Gasteiger partial charge in [-0.15, -0.1) is 0 Å². The third kappa shape index (κ3) is 6.61. The summed E-state index contributed by atoms with van der Waals surface area (Å²) in [5.74, 6) is 0.412. The molecule has 0 saturated heterocycles. The van der Waals surface area contributed by atoms with Gasteiger partial charge in [-0.05, 0) is 61.0 Å². The van der Waals surface area contributed by atoms with Crippen LogP contribution < -0.4 is 10.2 Å². The second-order valence-electron chi connectivity index (χ2n) is 6.85. The summed E-state index contributed by atoms with van der Waals surface area (Å²) in [4.78, 5) is 3.71. The van der Waals surface area contributed by atoms with E-state index in [1.165, 1.54) is 12.1 Å². The van der Waals surface area contributed by atoms with Crippen molar-refractivity contribution in [3.8, 4) is 5.75 Å². The van der Waals surface area contributed by atoms with Crippen LogP contribution in [-0.2, 0) is 19.0 Å². The van der Waals surface area contributed by atoms with Crippen LogP contribution in [-0.4, -0.2) is 10.7 Å². The lowest BCUT2D eigenvalue weighted by Crippen LogP contribution is -2.08. The highest BCUT2D eigenvalue weighted by Crippen LogP contribution is 2.32. The molecule has 0 spiro atoms. The van der Waals surface area contributed by atoms with Crippen LogP contribution in [0.15, 0.2) is 65.9 Å². The molecule has 33 heavy (non-hydrogen) atoms. The molecule has 0 amide bonds. The molecule has 0 aliphatic rings. The van der Waals surface area contributed by atoms with Crippen LogP contribution in [0, 0.1) is 0 Å². The summed E-state index contributed by atoms with van der Waals surface area (Å²) >= 11 is 5.86. The van der Waals surface area contributed by atoms with Gasteiger partial charge in [0.1, 0.15) is 12.4 Å². The minimum Gasteiger partial charge on any atom is -0.487 e. The molecule has 0 fully saturated rings. The summed E-state index contributed by atoms with van der Waals surface area (Å²) in [5, 5.41) is 3.93. The van der Waals surface area contributed by atoms with E-state index in [0.29, 0.717) is 23.2 Å². The Morgan fingerprint density at radius 2 is 1.64 bits per heavy atom. The van der Waals surface area contributed by atoms with Gasteiger partial charge in [-0.2, -0.15) is 31.4 Å². The predicted octanol–water partition coefficient (Wildman–Crippen LogP) is 7.19. The Labute approximate surface area is 189 Å². The molecule has 3 rings (SSSR count). The zero-order chi connectivity index (χ0) is 24.2. The molecular formula is C22H16ClF6N3O. The lowest BCUT2D eigenvalue weighted by molar-refractivity contribution is -0.138. The molecule has 4 nitrogen and oxygen atoms in total. The number of hydrogen-bond acceptors (Lipinski definition) is 4. The van der Waals surface area contributed by atoms with Gasteiger partial charge in [0.15, 0.2) is 0 Å². The van der Waals surface area contributed by atoms with E-state index in [0.717, 1.165) is 18.2 Å². The second-order valence-corrected chi connectivity index (χ2v) is 7.26. The lowest BCUT2D eigenvalue weighted by atomic mass is 10.1. The van der Waals surface area contributed by atoms with E-state index < -0.39 is 23.5 Å². The number of aromatic nitrogens is 1. The highest BCUT2D eigenvalue weighted by Gasteiger charge is 2.32. The Morgan fingerprint density at radius 3 is 2.24 bits per heavy atom. The van der Waals surface area contributed by atoms with Crippen molar-refractivity contribution in [3.05, 3.63) is 88.2 Å². The fourth-order valence-corrected chi connectivity index (χ4v) is 2.87. The van der Waals surface area contributed by atoms with E-state index in [4.69, 9.17) is 16.3 Å². The largest absolute Gasteiger partial charge is 0.487 e. The summed E-state index contributed by atoms with van der Waals surface area (Å²) in [7, 11) is 0. The number of pyridine rings is 1. The van der Waals surface area contributed by atoms with Crippen molar-refractivity contribution in [2.24, 2.45) is 5.10 Å². The van der Waals surface area contributed by atoms with E-state index in [2.05, 4.69) is 15.5 Å². The number of ether oxygens (including phenoxy) is 1. The molecule has 0 bridgehead atoms. The van der Waals surface area contributed by atoms with E-state index in [1.54, 1.807) is 31.2 Å². The smallest absolute Gasteiger partial charge is 0.417 e. The highest BCUT2D eigenvalue weighted by atomic mass is 35.5. The maximum absolute atomic E-state index is 12.8. The fourth-order valence-electron chi connectivity index (χ4n) is 2.65. The Balaban J connectivity index is 1.62. The molecule has 1 heterocycles. The van der Waals surface area contributed by atoms with Crippen LogP contribution in [0.5, 0.6) is 5.75 Å². The number of alkyl halides is 6. The van der Waals surface area contributed by atoms with E-state index >= 15 is 0 Å². The first-order valence-electron chi connectivity index (χ1n) is 9.36. The number of nitrogens with zero attached hydrogens (tertiary/aromatic N) is 2. The summed E-state index contributed by atoms with van der Waals surface area (Å²) < 4.78 is 81.9. The van der Waals surface area contributed by atoms with Crippen molar-refractivity contribution in [2.45, 2.75) is 25.9 Å². The molecule has 3 aromatic rings. The summed E-state index contributed by atoms with van der Waals surface area (Å²) in [5.41, 5.74) is 2.37. The molecule has 2 aromatic carbocycles. The Morgan fingerprint density at radius 1 is 0.970 bits per heavy atom. The standard InChI is InChI=1S/C22H16ClF6N3O/c1-13(31-32-17-4-2-3-15(9-17)21(24,25)26)14-5-7-18(8-6-14)33-12-20-19(23)10-16(11-30-20)22(27,28)29/h2-11,32H,12H2,1H3. The maximum atomic E-state index is 12.8. The topological polar surface area (TPSA) is 46.5 Å². The zero-order valence-electron chi connectivity index (χ0n) is 16.9.